The van der Waals surface area contributed by atoms with Gasteiger partial charge in [-0.3, -0.25) is 10.4 Å². The maximum Gasteiger partial charge on any atom is 0.141 e. The van der Waals surface area contributed by atoms with Crippen molar-refractivity contribution >= 4 is 23.3 Å². The summed E-state index contributed by atoms with van der Waals surface area (Å²) >= 11 is 1.97. The number of nitrogen functional groups attached to an aromatic ring is 1. The van der Waals surface area contributed by atoms with E-state index in [1.54, 1.807) is 6.20 Å². The van der Waals surface area contributed by atoms with Gasteiger partial charge in [-0.05, 0) is 37.7 Å². The third kappa shape index (κ3) is 3.16. The second kappa shape index (κ2) is 6.09. The van der Waals surface area contributed by atoms with E-state index < -0.39 is 0 Å². The Morgan fingerprint density at radius 1 is 1.50 bits per heavy atom. The van der Waals surface area contributed by atoms with Gasteiger partial charge in [0, 0.05) is 30.2 Å². The van der Waals surface area contributed by atoms with Crippen LogP contribution in [-0.4, -0.2) is 35.4 Å². The van der Waals surface area contributed by atoms with E-state index in [1.165, 1.54) is 19.3 Å². The van der Waals surface area contributed by atoms with Crippen LogP contribution in [0, 0.1) is 5.41 Å². The number of nitrogens with zero attached hydrogens (tertiary/aromatic N) is 2. The Kier molecular flexibility index (Phi) is 4.47. The second-order valence-corrected chi connectivity index (χ2v) is 5.73. The minimum absolute atomic E-state index is 0.0358. The van der Waals surface area contributed by atoms with Crippen LogP contribution < -0.4 is 10.6 Å². The van der Waals surface area contributed by atoms with Gasteiger partial charge in [-0.15, -0.1) is 0 Å². The number of nitrogens with one attached hydrogen (secondary N) is 1. The fraction of sp³-hybridized carbons (Fsp3) is 0.538. The lowest BCUT2D eigenvalue weighted by Gasteiger charge is -2.23. The molecule has 2 rings (SSSR count). The predicted molar refractivity (Wildman–Crippen MR) is 78.6 cm³/mol. The third-order valence-corrected chi connectivity index (χ3v) is 4.53. The fourth-order valence-electron chi connectivity index (χ4n) is 2.32. The van der Waals surface area contributed by atoms with E-state index in [9.17, 15) is 0 Å². The molecule has 3 N–H and O–H groups in total. The van der Waals surface area contributed by atoms with Gasteiger partial charge in [-0.2, -0.15) is 11.8 Å². The summed E-state index contributed by atoms with van der Waals surface area (Å²) in [4.78, 5) is 6.49. The average molecular weight is 264 g/mol. The number of nitrogens with two attached hydrogens (primary N) is 1. The first kappa shape index (κ1) is 13.2. The molecule has 1 unspecified atom stereocenters. The van der Waals surface area contributed by atoms with Crippen molar-refractivity contribution in [2.24, 2.45) is 5.73 Å². The smallest absolute Gasteiger partial charge is 0.141 e. The lowest BCUT2D eigenvalue weighted by molar-refractivity contribution is 0.745. The van der Waals surface area contributed by atoms with Gasteiger partial charge in [0.25, 0.3) is 0 Å². The molecule has 1 atom stereocenters. The van der Waals surface area contributed by atoms with Crippen LogP contribution >= 0.6 is 11.8 Å². The molecule has 0 spiro atoms. The van der Waals surface area contributed by atoms with Gasteiger partial charge in [0.05, 0.1) is 0 Å². The highest BCUT2D eigenvalue weighted by Crippen LogP contribution is 2.24. The normalized spacial score (nSPS) is 20.5. The van der Waals surface area contributed by atoms with Crippen LogP contribution in [0.15, 0.2) is 18.3 Å². The minimum Gasteiger partial charge on any atom is -0.382 e. The van der Waals surface area contributed by atoms with Crippen molar-refractivity contribution in [3.05, 3.63) is 24.0 Å². The van der Waals surface area contributed by atoms with Gasteiger partial charge in [-0.1, -0.05) is 0 Å². The van der Waals surface area contributed by atoms with Gasteiger partial charge >= 0.3 is 0 Å². The van der Waals surface area contributed by atoms with Crippen LogP contribution in [0.1, 0.15) is 25.0 Å². The minimum atomic E-state index is 0.0358. The van der Waals surface area contributed by atoms with E-state index in [0.717, 1.165) is 24.0 Å². The van der Waals surface area contributed by atoms with Crippen molar-refractivity contribution in [3.63, 3.8) is 0 Å². The molecule has 0 bridgehead atoms. The topological polar surface area (TPSA) is 66.0 Å². The zero-order valence-corrected chi connectivity index (χ0v) is 11.5. The Morgan fingerprint density at radius 3 is 3.06 bits per heavy atom. The van der Waals surface area contributed by atoms with Crippen LogP contribution in [0.4, 0.5) is 5.69 Å². The number of thioether (sulfide) groups is 1. The van der Waals surface area contributed by atoms with Gasteiger partial charge in [0.15, 0.2) is 0 Å². The van der Waals surface area contributed by atoms with E-state index in [4.69, 9.17) is 11.1 Å². The number of hydrogen-bond acceptors (Lipinski definition) is 4. The lowest BCUT2D eigenvalue weighted by Crippen LogP contribution is -2.25. The van der Waals surface area contributed by atoms with Crippen molar-refractivity contribution in [1.82, 2.24) is 4.98 Å². The fourth-order valence-corrected chi connectivity index (χ4v) is 3.07. The Balaban J connectivity index is 2.11. The van der Waals surface area contributed by atoms with E-state index in [1.807, 2.05) is 23.9 Å². The summed E-state index contributed by atoms with van der Waals surface area (Å²) in [7, 11) is 0. The molecule has 1 aliphatic heterocycles. The lowest BCUT2D eigenvalue weighted by atomic mass is 10.2. The number of amidine groups is 1. The molecular formula is C13H20N4S. The summed E-state index contributed by atoms with van der Waals surface area (Å²) in [5.74, 6) is 0.0358. The van der Waals surface area contributed by atoms with Gasteiger partial charge < -0.3 is 10.6 Å². The number of rotatable bonds is 3. The molecule has 0 radical (unpaired) electrons. The van der Waals surface area contributed by atoms with Gasteiger partial charge in [0.1, 0.15) is 11.5 Å². The Hall–Kier alpha value is -1.23. The number of pyridine rings is 1. The SMILES string of the molecule is CSC1CCCN(c2ccnc(C(=N)N)c2)CC1. The summed E-state index contributed by atoms with van der Waals surface area (Å²) in [5.41, 5.74) is 7.19. The maximum atomic E-state index is 7.44. The van der Waals surface area contributed by atoms with Gasteiger partial charge in [-0.25, -0.2) is 0 Å². The summed E-state index contributed by atoms with van der Waals surface area (Å²) in [6, 6.07) is 3.92. The van der Waals surface area contributed by atoms with E-state index in [0.29, 0.717) is 5.69 Å². The van der Waals surface area contributed by atoms with Crippen molar-refractivity contribution in [2.45, 2.75) is 24.5 Å². The quantitative estimate of drug-likeness (QED) is 0.648. The highest BCUT2D eigenvalue weighted by atomic mass is 32.2. The van der Waals surface area contributed by atoms with Crippen LogP contribution in [0.2, 0.25) is 0 Å². The van der Waals surface area contributed by atoms with E-state index in [2.05, 4.69) is 16.1 Å². The summed E-state index contributed by atoms with van der Waals surface area (Å²) in [5, 5.41) is 8.23. The predicted octanol–water partition coefficient (Wildman–Crippen LogP) is 2.09. The highest BCUT2D eigenvalue weighted by Gasteiger charge is 2.16. The molecule has 98 valence electrons. The molecule has 2 heterocycles. The molecular weight excluding hydrogens is 244 g/mol. The average Bonchev–Trinajstić information content (AvgIpc) is 2.64. The molecule has 1 saturated heterocycles. The summed E-state index contributed by atoms with van der Waals surface area (Å²) < 4.78 is 0. The molecule has 5 heteroatoms. The first-order valence-corrected chi connectivity index (χ1v) is 7.57. The molecule has 1 aromatic heterocycles. The van der Waals surface area contributed by atoms with Crippen LogP contribution in [0.3, 0.4) is 0 Å². The van der Waals surface area contributed by atoms with Crippen molar-refractivity contribution in [1.29, 1.82) is 5.41 Å². The monoisotopic (exact) mass is 264 g/mol. The molecule has 0 aliphatic carbocycles. The molecule has 0 aromatic carbocycles. The molecule has 1 fully saturated rings. The molecule has 1 aliphatic rings. The van der Waals surface area contributed by atoms with E-state index in [-0.39, 0.29) is 5.84 Å². The summed E-state index contributed by atoms with van der Waals surface area (Å²) in [6.45, 7) is 2.16. The molecule has 0 amide bonds. The van der Waals surface area contributed by atoms with Crippen molar-refractivity contribution in [2.75, 3.05) is 24.2 Å². The van der Waals surface area contributed by atoms with Crippen LogP contribution in [0.5, 0.6) is 0 Å². The van der Waals surface area contributed by atoms with Crippen LogP contribution in [-0.2, 0) is 0 Å². The van der Waals surface area contributed by atoms with Crippen LogP contribution in [0.25, 0.3) is 0 Å². The molecule has 0 saturated carbocycles. The van der Waals surface area contributed by atoms with Crippen molar-refractivity contribution in [3.8, 4) is 0 Å². The number of hydrogen-bond donors (Lipinski definition) is 2. The number of aromatic nitrogens is 1. The highest BCUT2D eigenvalue weighted by molar-refractivity contribution is 7.99. The largest absolute Gasteiger partial charge is 0.382 e. The number of anilines is 1. The first-order chi connectivity index (χ1) is 8.70. The standard InChI is InChI=1S/C13H20N4S/c1-18-11-3-2-7-17(8-5-11)10-4-6-16-12(9-10)13(14)15/h4,6,9,11H,2-3,5,7-8H2,1H3,(H3,14,15). The Morgan fingerprint density at radius 2 is 2.33 bits per heavy atom. The Bertz CT molecular complexity index is 421. The third-order valence-electron chi connectivity index (χ3n) is 3.39. The van der Waals surface area contributed by atoms with Crippen molar-refractivity contribution < 1.29 is 0 Å². The summed E-state index contributed by atoms with van der Waals surface area (Å²) in [6.07, 6.45) is 7.67. The molecule has 18 heavy (non-hydrogen) atoms. The Labute approximate surface area is 112 Å². The van der Waals surface area contributed by atoms with Gasteiger partial charge in [0.2, 0.25) is 0 Å². The zero-order valence-electron chi connectivity index (χ0n) is 10.7. The maximum absolute atomic E-state index is 7.44. The molecule has 1 aromatic rings. The van der Waals surface area contributed by atoms with E-state index >= 15 is 0 Å². The first-order valence-electron chi connectivity index (χ1n) is 6.29. The molecule has 4 nitrogen and oxygen atoms in total. The second-order valence-electron chi connectivity index (χ2n) is 4.59. The zero-order chi connectivity index (χ0) is 13.0.